The molecule has 1 aromatic heterocycles. The van der Waals surface area contributed by atoms with Crippen molar-refractivity contribution < 1.29 is 26.4 Å². The first-order chi connectivity index (χ1) is 20.5. The quantitative estimate of drug-likeness (QED) is 0.182. The highest BCUT2D eigenvalue weighted by Crippen LogP contribution is 2.23. The van der Waals surface area contributed by atoms with Crippen LogP contribution < -0.4 is 14.9 Å². The monoisotopic (exact) mass is 621 g/mol. The van der Waals surface area contributed by atoms with Gasteiger partial charge in [0.25, 0.3) is 5.91 Å². The molecule has 0 unspecified atom stereocenters. The Morgan fingerprint density at radius 3 is 2.02 bits per heavy atom. The van der Waals surface area contributed by atoms with Gasteiger partial charge in [-0.1, -0.05) is 30.3 Å². The van der Waals surface area contributed by atoms with E-state index >= 15 is 0 Å². The zero-order valence-electron chi connectivity index (χ0n) is 23.8. The highest BCUT2D eigenvalue weighted by molar-refractivity contribution is 7.89. The number of hydrogen-bond donors (Lipinski definition) is 2. The molecule has 1 heterocycles. The van der Waals surface area contributed by atoms with E-state index in [4.69, 9.17) is 4.74 Å². The summed E-state index contributed by atoms with van der Waals surface area (Å²) in [5.41, 5.74) is 5.34. The van der Waals surface area contributed by atoms with Crippen LogP contribution >= 0.6 is 0 Å². The van der Waals surface area contributed by atoms with Gasteiger partial charge >= 0.3 is 0 Å². The summed E-state index contributed by atoms with van der Waals surface area (Å²) in [7, 11) is -4.60. The molecule has 2 N–H and O–H groups in total. The minimum absolute atomic E-state index is 0.0572. The van der Waals surface area contributed by atoms with Crippen molar-refractivity contribution in [2.24, 2.45) is 5.10 Å². The molecule has 4 rings (SSSR count). The first kappa shape index (κ1) is 31.5. The number of pyridine rings is 1. The lowest BCUT2D eigenvalue weighted by Crippen LogP contribution is -2.30. The Labute approximate surface area is 251 Å². The maximum Gasteiger partial charge on any atom is 0.271 e. The van der Waals surface area contributed by atoms with Crippen molar-refractivity contribution in [2.45, 2.75) is 29.8 Å². The van der Waals surface area contributed by atoms with Crippen LogP contribution in [-0.2, 0) is 33.1 Å². The number of amides is 1. The summed E-state index contributed by atoms with van der Waals surface area (Å²) in [5, 5.41) is 4.13. The smallest absolute Gasteiger partial charge is 0.271 e. The molecule has 0 saturated carbocycles. The number of nitrogens with zero attached hydrogens (tertiary/aromatic N) is 3. The maximum atomic E-state index is 13.6. The number of ether oxygens (including phenoxy) is 1. The van der Waals surface area contributed by atoms with Gasteiger partial charge in [0, 0.05) is 31.0 Å². The molecule has 13 heteroatoms. The van der Waals surface area contributed by atoms with Crippen molar-refractivity contribution in [3.05, 3.63) is 120 Å². The van der Waals surface area contributed by atoms with Crippen LogP contribution in [-0.4, -0.2) is 51.9 Å². The summed E-state index contributed by atoms with van der Waals surface area (Å²) >= 11 is 0. The third kappa shape index (κ3) is 7.90. The number of benzene rings is 3. The second-order valence-electron chi connectivity index (χ2n) is 9.38. The average Bonchev–Trinajstić information content (AvgIpc) is 3.04. The van der Waals surface area contributed by atoms with E-state index in [2.05, 4.69) is 20.2 Å². The molecule has 0 spiro atoms. The molecular formula is C30H31N5O6S2. The van der Waals surface area contributed by atoms with E-state index in [1.807, 2.05) is 0 Å². The zero-order chi connectivity index (χ0) is 31.0. The fourth-order valence-electron chi connectivity index (χ4n) is 4.04. The number of methoxy groups -OCH3 is 1. The van der Waals surface area contributed by atoms with E-state index in [9.17, 15) is 21.6 Å². The summed E-state index contributed by atoms with van der Waals surface area (Å²) in [4.78, 5) is 17.1. The van der Waals surface area contributed by atoms with Crippen molar-refractivity contribution in [1.29, 1.82) is 0 Å². The van der Waals surface area contributed by atoms with E-state index < -0.39 is 26.0 Å². The average molecular weight is 622 g/mol. The van der Waals surface area contributed by atoms with Crippen molar-refractivity contribution >= 4 is 31.7 Å². The fraction of sp³-hybridized carbons (Fsp3) is 0.167. The molecule has 3 aromatic carbocycles. The molecule has 43 heavy (non-hydrogen) atoms. The third-order valence-electron chi connectivity index (χ3n) is 6.53. The highest BCUT2D eigenvalue weighted by atomic mass is 32.2. The predicted molar refractivity (Wildman–Crippen MR) is 162 cm³/mol. The van der Waals surface area contributed by atoms with Crippen LogP contribution in [0.3, 0.4) is 0 Å². The lowest BCUT2D eigenvalue weighted by atomic mass is 10.1. The van der Waals surface area contributed by atoms with Crippen LogP contribution in [0.25, 0.3) is 0 Å². The van der Waals surface area contributed by atoms with Crippen LogP contribution in [0, 0.1) is 0 Å². The molecule has 0 aliphatic rings. The van der Waals surface area contributed by atoms with E-state index in [-0.39, 0.29) is 22.9 Å². The molecule has 0 radical (unpaired) electrons. The SMILES string of the molecule is CNS(=O)(=O)c1ccc(/C(C)=N/NC(=O)c2ccc(CN(Cc3cccnc3)S(=O)(=O)c3ccc(OC)cc3)cc2)cc1. The minimum Gasteiger partial charge on any atom is -0.497 e. The number of aromatic nitrogens is 1. The Hall–Kier alpha value is -4.43. The van der Waals surface area contributed by atoms with Gasteiger partial charge in [0.1, 0.15) is 5.75 Å². The van der Waals surface area contributed by atoms with Gasteiger partial charge in [-0.05, 0) is 85.3 Å². The van der Waals surface area contributed by atoms with Crippen molar-refractivity contribution in [3.63, 3.8) is 0 Å². The number of rotatable bonds is 12. The molecule has 4 aromatic rings. The maximum absolute atomic E-state index is 13.6. The first-order valence-electron chi connectivity index (χ1n) is 13.0. The van der Waals surface area contributed by atoms with E-state index in [1.165, 1.54) is 42.7 Å². The Bertz CT molecular complexity index is 1790. The van der Waals surface area contributed by atoms with Crippen molar-refractivity contribution in [1.82, 2.24) is 19.4 Å². The van der Waals surface area contributed by atoms with Gasteiger partial charge in [-0.25, -0.2) is 27.0 Å². The number of nitrogens with one attached hydrogen (secondary N) is 2. The molecule has 224 valence electrons. The summed E-state index contributed by atoms with van der Waals surface area (Å²) in [6.07, 6.45) is 3.24. The van der Waals surface area contributed by atoms with Crippen molar-refractivity contribution in [3.8, 4) is 5.75 Å². The zero-order valence-corrected chi connectivity index (χ0v) is 25.4. The molecular weight excluding hydrogens is 590 g/mol. The van der Waals surface area contributed by atoms with Crippen LogP contribution in [0.15, 0.2) is 112 Å². The number of carbonyl (C=O) groups excluding carboxylic acids is 1. The van der Waals surface area contributed by atoms with Crippen LogP contribution in [0.4, 0.5) is 0 Å². The molecule has 0 saturated heterocycles. The van der Waals surface area contributed by atoms with E-state index in [1.54, 1.807) is 80.0 Å². The predicted octanol–water partition coefficient (Wildman–Crippen LogP) is 3.54. The van der Waals surface area contributed by atoms with Crippen LogP contribution in [0.1, 0.15) is 34.0 Å². The topological polar surface area (TPSA) is 147 Å². The number of hydrazone groups is 1. The van der Waals surface area contributed by atoms with Crippen LogP contribution in [0.5, 0.6) is 5.75 Å². The van der Waals surface area contributed by atoms with E-state index in [0.717, 1.165) is 5.56 Å². The summed E-state index contributed by atoms with van der Waals surface area (Å²) < 4.78 is 59.8. The Morgan fingerprint density at radius 2 is 1.44 bits per heavy atom. The number of hydrogen-bond acceptors (Lipinski definition) is 8. The number of carbonyl (C=O) groups is 1. The number of sulfonamides is 2. The van der Waals surface area contributed by atoms with E-state index in [0.29, 0.717) is 28.2 Å². The minimum atomic E-state index is -3.89. The van der Waals surface area contributed by atoms with Gasteiger partial charge in [0.2, 0.25) is 20.0 Å². The van der Waals surface area contributed by atoms with Gasteiger partial charge in [-0.3, -0.25) is 9.78 Å². The van der Waals surface area contributed by atoms with Crippen LogP contribution in [0.2, 0.25) is 0 Å². The second-order valence-corrected chi connectivity index (χ2v) is 13.2. The summed E-state index contributed by atoms with van der Waals surface area (Å²) in [5.74, 6) is 0.0855. The largest absolute Gasteiger partial charge is 0.497 e. The second kappa shape index (κ2) is 13.7. The standard InChI is InChI=1S/C30H31N5O6S2/c1-22(25-10-14-28(15-11-25)42(37,38)31-2)33-34-30(36)26-8-6-23(7-9-26)20-35(21-24-5-4-18-32-19-24)43(39,40)29-16-12-27(41-3)13-17-29/h4-19,31H,20-21H2,1-3H3,(H,34,36)/b33-22+. The van der Waals surface area contributed by atoms with Crippen molar-refractivity contribution in [2.75, 3.05) is 14.2 Å². The molecule has 0 fully saturated rings. The Balaban J connectivity index is 1.48. The third-order valence-corrected chi connectivity index (χ3v) is 9.77. The molecule has 0 bridgehead atoms. The molecule has 0 aliphatic heterocycles. The molecule has 1 amide bonds. The van der Waals surface area contributed by atoms with Gasteiger partial charge in [0.15, 0.2) is 0 Å². The Morgan fingerprint density at radius 1 is 0.837 bits per heavy atom. The Kier molecular flexibility index (Phi) is 10.0. The lowest BCUT2D eigenvalue weighted by Gasteiger charge is -2.22. The molecule has 0 aliphatic carbocycles. The molecule has 0 atom stereocenters. The first-order valence-corrected chi connectivity index (χ1v) is 16.0. The van der Waals surface area contributed by atoms with Gasteiger partial charge in [-0.2, -0.15) is 9.41 Å². The summed E-state index contributed by atoms with van der Waals surface area (Å²) in [6, 6.07) is 22.4. The molecule has 11 nitrogen and oxygen atoms in total. The highest BCUT2D eigenvalue weighted by Gasteiger charge is 2.25. The fourth-order valence-corrected chi connectivity index (χ4v) is 6.19. The normalized spacial score (nSPS) is 12.2. The lowest BCUT2D eigenvalue weighted by molar-refractivity contribution is 0.0954. The van der Waals surface area contributed by atoms with Gasteiger partial charge in [0.05, 0.1) is 22.6 Å². The summed E-state index contributed by atoms with van der Waals surface area (Å²) in [6.45, 7) is 1.84. The van der Waals surface area contributed by atoms with Gasteiger partial charge in [-0.15, -0.1) is 0 Å². The van der Waals surface area contributed by atoms with Gasteiger partial charge < -0.3 is 4.74 Å².